The minimum atomic E-state index is -1.67. The summed E-state index contributed by atoms with van der Waals surface area (Å²) in [6, 6.07) is -1.19. The van der Waals surface area contributed by atoms with Gasteiger partial charge in [0, 0.05) is 0 Å². The van der Waals surface area contributed by atoms with Gasteiger partial charge < -0.3 is 50.5 Å². The summed E-state index contributed by atoms with van der Waals surface area (Å²) < 4.78 is 11.1. The predicted octanol–water partition coefficient (Wildman–Crippen LogP) is 12.3. The fourth-order valence-corrected chi connectivity index (χ4v) is 9.36. The summed E-state index contributed by atoms with van der Waals surface area (Å²) in [7, 11) is 0. The number of hydrogen-bond acceptors (Lipinski definition) is 10. The number of ether oxygens (including phenoxy) is 2. The van der Waals surface area contributed by atoms with Gasteiger partial charge in [-0.05, 0) is 64.2 Å². The Bertz CT molecular complexity index is 1230. The second kappa shape index (κ2) is 48.3. The van der Waals surface area contributed by atoms with Crippen LogP contribution in [0, 0.1) is 0 Å². The van der Waals surface area contributed by atoms with Crippen LogP contribution in [-0.4, -0.2) is 110 Å². The molecule has 11 heteroatoms. The molecule has 0 bridgehead atoms. The van der Waals surface area contributed by atoms with Crippen LogP contribution in [0.1, 0.15) is 264 Å². The second-order valence-corrected chi connectivity index (χ2v) is 20.7. The third kappa shape index (κ3) is 36.3. The first-order valence-electron chi connectivity index (χ1n) is 29.4. The normalized spacial score (nSPS) is 20.5. The van der Waals surface area contributed by atoms with E-state index in [1.807, 2.05) is 0 Å². The summed E-state index contributed by atoms with van der Waals surface area (Å²) in [4.78, 5) is 13.2. The average Bonchev–Trinajstić information content (AvgIpc) is 3.36. The highest BCUT2D eigenvalue weighted by molar-refractivity contribution is 5.80. The molecule has 1 rings (SSSR count). The van der Waals surface area contributed by atoms with Crippen molar-refractivity contribution in [2.75, 3.05) is 13.2 Å². The molecule has 0 aromatic heterocycles. The van der Waals surface area contributed by atoms with Gasteiger partial charge in [0.25, 0.3) is 0 Å². The molecule has 1 fully saturated rings. The molecule has 0 radical (unpaired) electrons. The highest BCUT2D eigenvalue weighted by atomic mass is 16.7. The van der Waals surface area contributed by atoms with Gasteiger partial charge in [0.05, 0.1) is 25.4 Å². The minimum Gasteiger partial charge on any atom is -0.394 e. The second-order valence-electron chi connectivity index (χ2n) is 20.7. The number of rotatable bonds is 50. The Hall–Kier alpha value is -1.67. The zero-order valence-corrected chi connectivity index (χ0v) is 45.0. The lowest BCUT2D eigenvalue weighted by atomic mass is 9.98. The first-order valence-corrected chi connectivity index (χ1v) is 29.4. The fourth-order valence-electron chi connectivity index (χ4n) is 9.36. The summed E-state index contributed by atoms with van der Waals surface area (Å²) in [5.41, 5.74) is 0. The number of nitrogens with one attached hydrogen (secondary N) is 1. The zero-order valence-electron chi connectivity index (χ0n) is 45.0. The van der Waals surface area contributed by atoms with E-state index in [4.69, 9.17) is 9.47 Å². The van der Waals surface area contributed by atoms with Crippen molar-refractivity contribution < 1.29 is 50.0 Å². The minimum absolute atomic E-state index is 0.242. The van der Waals surface area contributed by atoms with Gasteiger partial charge in [0.1, 0.15) is 36.6 Å². The molecule has 1 saturated heterocycles. The third-order valence-corrected chi connectivity index (χ3v) is 14.2. The van der Waals surface area contributed by atoms with E-state index in [0.29, 0.717) is 19.3 Å². The average molecular weight is 995 g/mol. The Morgan fingerprint density at radius 2 is 0.857 bits per heavy atom. The number of aliphatic hydroxyl groups is 7. The Kier molecular flexibility index (Phi) is 45.8. The molecule has 11 nitrogen and oxygen atoms in total. The molecule has 70 heavy (non-hydrogen) atoms. The monoisotopic (exact) mass is 994 g/mol. The molecule has 9 unspecified atom stereocenters. The van der Waals surface area contributed by atoms with Crippen LogP contribution in [0.4, 0.5) is 0 Å². The molecule has 1 aliphatic heterocycles. The lowest BCUT2D eigenvalue weighted by Crippen LogP contribution is -2.60. The van der Waals surface area contributed by atoms with Crippen molar-refractivity contribution in [2.24, 2.45) is 0 Å². The van der Waals surface area contributed by atoms with Crippen molar-refractivity contribution in [1.29, 1.82) is 0 Å². The number of carbonyl (C=O) groups is 1. The maximum absolute atomic E-state index is 13.2. The van der Waals surface area contributed by atoms with Gasteiger partial charge in [0.2, 0.25) is 5.91 Å². The van der Waals surface area contributed by atoms with E-state index in [0.717, 1.165) is 44.9 Å². The smallest absolute Gasteiger partial charge is 0.249 e. The Labute approximate surface area is 428 Å². The third-order valence-electron chi connectivity index (χ3n) is 14.2. The van der Waals surface area contributed by atoms with Crippen molar-refractivity contribution in [3.8, 4) is 0 Å². The zero-order chi connectivity index (χ0) is 51.1. The quantitative estimate of drug-likeness (QED) is 0.0215. The van der Waals surface area contributed by atoms with Crippen molar-refractivity contribution in [1.82, 2.24) is 5.32 Å². The SMILES string of the molecule is CCCCCCC/C=C/CC/C=C/CC/C=C/CCCC(O)C(O)C(COC1OC(CO)C(O)C(O)C1O)NC(=O)C(O)CCCCCCCCCCCCCCCCCCCCCCCCCCC. The first kappa shape index (κ1) is 66.3. The van der Waals surface area contributed by atoms with E-state index in [-0.39, 0.29) is 12.8 Å². The van der Waals surface area contributed by atoms with Gasteiger partial charge in [-0.3, -0.25) is 4.79 Å². The van der Waals surface area contributed by atoms with Crippen LogP contribution in [0.25, 0.3) is 0 Å². The topological polar surface area (TPSA) is 189 Å². The lowest BCUT2D eigenvalue weighted by molar-refractivity contribution is -0.303. The summed E-state index contributed by atoms with van der Waals surface area (Å²) in [6.45, 7) is 3.44. The summed E-state index contributed by atoms with van der Waals surface area (Å²) in [5, 5.41) is 76.1. The van der Waals surface area contributed by atoms with Gasteiger partial charge in [0.15, 0.2) is 6.29 Å². The molecule has 0 aromatic rings. The predicted molar refractivity (Wildman–Crippen MR) is 289 cm³/mol. The van der Waals surface area contributed by atoms with Crippen molar-refractivity contribution >= 4 is 5.91 Å². The van der Waals surface area contributed by atoms with Gasteiger partial charge in [-0.1, -0.05) is 237 Å². The number of amides is 1. The molecule has 0 aliphatic carbocycles. The number of unbranched alkanes of at least 4 members (excludes halogenated alkanes) is 32. The first-order chi connectivity index (χ1) is 34.2. The van der Waals surface area contributed by atoms with Crippen LogP contribution in [0.15, 0.2) is 36.5 Å². The Balaban J connectivity index is 2.31. The van der Waals surface area contributed by atoms with Crippen molar-refractivity contribution in [3.63, 3.8) is 0 Å². The largest absolute Gasteiger partial charge is 0.394 e. The Morgan fingerprint density at radius 3 is 1.27 bits per heavy atom. The fraction of sp³-hybridized carbons (Fsp3) is 0.881. The lowest BCUT2D eigenvalue weighted by Gasteiger charge is -2.40. The number of allylic oxidation sites excluding steroid dienone is 6. The number of aliphatic hydroxyl groups excluding tert-OH is 7. The molecule has 1 heterocycles. The Morgan fingerprint density at radius 1 is 0.486 bits per heavy atom. The van der Waals surface area contributed by atoms with E-state index in [1.165, 1.54) is 173 Å². The number of carbonyl (C=O) groups excluding carboxylic acids is 1. The molecule has 9 atom stereocenters. The maximum Gasteiger partial charge on any atom is 0.249 e. The van der Waals surface area contributed by atoms with E-state index < -0.39 is 74.2 Å². The summed E-state index contributed by atoms with van der Waals surface area (Å²) in [5.74, 6) is -0.709. The van der Waals surface area contributed by atoms with Crippen LogP contribution in [0.2, 0.25) is 0 Å². The van der Waals surface area contributed by atoms with Crippen LogP contribution < -0.4 is 5.32 Å². The van der Waals surface area contributed by atoms with E-state index in [2.05, 4.69) is 55.6 Å². The molecule has 0 spiro atoms. The van der Waals surface area contributed by atoms with Gasteiger partial charge in [-0.2, -0.15) is 0 Å². The van der Waals surface area contributed by atoms with Crippen LogP contribution in [0.5, 0.6) is 0 Å². The standard InChI is InChI=1S/C59H111NO10/c1-3-5-7-9-11-13-15-17-19-21-23-24-25-26-27-28-29-31-33-35-37-39-41-43-45-47-52(63)58(68)60-50(49-69-59-57(67)56(66)55(65)53(48-61)70-59)54(64)51(62)46-44-42-40-38-36-34-32-30-22-20-18-16-14-12-10-8-6-4-2/h16,18,30,32,38,40,50-57,59,61-67H,3-15,17,19-29,31,33-37,39,41-49H2,1-2H3,(H,60,68)/b18-16+,32-30+,40-38+. The molecule has 1 aliphatic rings. The summed E-state index contributed by atoms with van der Waals surface area (Å²) >= 11 is 0. The molecule has 412 valence electrons. The van der Waals surface area contributed by atoms with Crippen LogP contribution in [-0.2, 0) is 14.3 Å². The highest BCUT2D eigenvalue weighted by Gasteiger charge is 2.44. The summed E-state index contributed by atoms with van der Waals surface area (Å²) in [6.07, 6.45) is 47.7. The van der Waals surface area contributed by atoms with E-state index >= 15 is 0 Å². The molecular formula is C59H111NO10. The number of hydrogen-bond donors (Lipinski definition) is 8. The molecule has 0 aromatic carbocycles. The molecular weight excluding hydrogens is 883 g/mol. The molecule has 8 N–H and O–H groups in total. The van der Waals surface area contributed by atoms with E-state index in [1.54, 1.807) is 0 Å². The highest BCUT2D eigenvalue weighted by Crippen LogP contribution is 2.23. The van der Waals surface area contributed by atoms with Gasteiger partial charge >= 0.3 is 0 Å². The van der Waals surface area contributed by atoms with Crippen molar-refractivity contribution in [2.45, 2.75) is 319 Å². The van der Waals surface area contributed by atoms with E-state index in [9.17, 15) is 40.5 Å². The van der Waals surface area contributed by atoms with Gasteiger partial charge in [-0.15, -0.1) is 0 Å². The van der Waals surface area contributed by atoms with Crippen LogP contribution in [0.3, 0.4) is 0 Å². The molecule has 1 amide bonds. The molecule has 0 saturated carbocycles. The maximum atomic E-state index is 13.2. The van der Waals surface area contributed by atoms with Gasteiger partial charge in [-0.25, -0.2) is 0 Å². The van der Waals surface area contributed by atoms with Crippen molar-refractivity contribution in [3.05, 3.63) is 36.5 Å². The van der Waals surface area contributed by atoms with Crippen LogP contribution >= 0.6 is 0 Å².